The van der Waals surface area contributed by atoms with E-state index >= 15 is 0 Å². The molecule has 2 fully saturated rings. The van der Waals surface area contributed by atoms with Crippen LogP contribution < -0.4 is 16.6 Å². The molecule has 0 aliphatic heterocycles. The monoisotopic (exact) mass is 421 g/mol. The van der Waals surface area contributed by atoms with Crippen molar-refractivity contribution in [2.45, 2.75) is 89.1 Å². The normalized spacial score (nSPS) is 19.1. The highest BCUT2D eigenvalue weighted by Crippen LogP contribution is 2.31. The first-order valence-corrected chi connectivity index (χ1v) is 11.0. The lowest BCUT2D eigenvalue weighted by Gasteiger charge is -2.25. The maximum atomic E-state index is 13.4. The van der Waals surface area contributed by atoms with Crippen LogP contribution >= 0.6 is 0 Å². The Morgan fingerprint density at radius 2 is 1.30 bits per heavy atom. The molecular weight excluding hydrogens is 390 g/mol. The lowest BCUT2D eigenvalue weighted by atomic mass is 10.1. The van der Waals surface area contributed by atoms with Gasteiger partial charge in [-0.15, -0.1) is 0 Å². The van der Waals surface area contributed by atoms with E-state index in [1.165, 1.54) is 4.57 Å². The number of amides is 1. The molecule has 2 saturated carbocycles. The average molecular weight is 421 g/mol. The first-order chi connectivity index (χ1) is 14.4. The molecule has 9 heteroatoms. The van der Waals surface area contributed by atoms with Gasteiger partial charge in [0, 0.05) is 12.1 Å². The largest absolute Gasteiger partial charge is 0.494 e. The number of rotatable bonds is 5. The van der Waals surface area contributed by atoms with Crippen LogP contribution in [-0.2, 0) is 4.79 Å². The number of aromatic hydroxyl groups is 1. The summed E-state index contributed by atoms with van der Waals surface area (Å²) in [5.41, 5.74) is -1.94. The van der Waals surface area contributed by atoms with E-state index in [0.717, 1.165) is 55.9 Å². The van der Waals surface area contributed by atoms with Crippen LogP contribution in [0.2, 0.25) is 0 Å². The molecule has 1 heterocycles. The second-order valence-corrected chi connectivity index (χ2v) is 8.39. The van der Waals surface area contributed by atoms with Gasteiger partial charge in [0.2, 0.25) is 5.88 Å². The number of carbonyl (C=O) groups is 2. The topological polar surface area (TPSA) is 131 Å². The maximum Gasteiger partial charge on any atom is 0.334 e. The fourth-order valence-electron chi connectivity index (χ4n) is 4.76. The average Bonchev–Trinajstić information content (AvgIpc) is 3.12. The summed E-state index contributed by atoms with van der Waals surface area (Å²) in [7, 11) is 0. The molecule has 3 N–H and O–H groups in total. The lowest BCUT2D eigenvalue weighted by Crippen LogP contribution is -2.47. The zero-order chi connectivity index (χ0) is 21.7. The zero-order valence-corrected chi connectivity index (χ0v) is 17.3. The van der Waals surface area contributed by atoms with Gasteiger partial charge in [-0.2, -0.15) is 0 Å². The summed E-state index contributed by atoms with van der Waals surface area (Å²) in [5, 5.41) is 21.9. The standard InChI is InChI=1S/C21H31N3O6/c25-16(26)13-22-18(27)17-19(28)23(14-9-5-1-2-6-10-14)21(30)24(20(17)29)15-11-7-3-4-8-12-15/h14-15,28H,1-13H2,(H,22,27)(H,25,26). The van der Waals surface area contributed by atoms with Gasteiger partial charge in [-0.3, -0.25) is 23.5 Å². The zero-order valence-electron chi connectivity index (χ0n) is 17.3. The lowest BCUT2D eigenvalue weighted by molar-refractivity contribution is -0.135. The van der Waals surface area contributed by atoms with Crippen LogP contribution in [0.25, 0.3) is 0 Å². The first-order valence-electron chi connectivity index (χ1n) is 11.0. The number of aliphatic carboxylic acids is 1. The number of nitrogens with zero attached hydrogens (tertiary/aromatic N) is 2. The van der Waals surface area contributed by atoms with Crippen molar-refractivity contribution in [1.82, 2.24) is 14.5 Å². The van der Waals surface area contributed by atoms with E-state index in [1.54, 1.807) is 0 Å². The fourth-order valence-corrected chi connectivity index (χ4v) is 4.76. The van der Waals surface area contributed by atoms with E-state index in [0.29, 0.717) is 25.7 Å². The number of nitrogens with one attached hydrogen (secondary N) is 1. The van der Waals surface area contributed by atoms with Gasteiger partial charge < -0.3 is 15.5 Å². The van der Waals surface area contributed by atoms with Gasteiger partial charge >= 0.3 is 11.7 Å². The molecule has 9 nitrogen and oxygen atoms in total. The summed E-state index contributed by atoms with van der Waals surface area (Å²) >= 11 is 0. The van der Waals surface area contributed by atoms with Crippen LogP contribution in [0.1, 0.15) is 99.5 Å². The molecule has 0 saturated heterocycles. The number of carboxylic acids is 1. The Labute approximate surface area is 174 Å². The van der Waals surface area contributed by atoms with Crippen molar-refractivity contribution >= 4 is 11.9 Å². The quantitative estimate of drug-likeness (QED) is 0.626. The number of aromatic nitrogens is 2. The van der Waals surface area contributed by atoms with Crippen LogP contribution in [-0.4, -0.2) is 37.8 Å². The van der Waals surface area contributed by atoms with Gasteiger partial charge in [0.1, 0.15) is 6.54 Å². The molecule has 0 aromatic carbocycles. The minimum Gasteiger partial charge on any atom is -0.494 e. The third-order valence-corrected chi connectivity index (χ3v) is 6.30. The minimum atomic E-state index is -1.26. The van der Waals surface area contributed by atoms with Crippen LogP contribution in [0.4, 0.5) is 0 Å². The molecule has 166 valence electrons. The van der Waals surface area contributed by atoms with Crippen molar-refractivity contribution in [3.63, 3.8) is 0 Å². The summed E-state index contributed by atoms with van der Waals surface area (Å²) < 4.78 is 2.36. The highest BCUT2D eigenvalue weighted by Gasteiger charge is 2.31. The molecule has 0 radical (unpaired) electrons. The van der Waals surface area contributed by atoms with Gasteiger partial charge in [0.05, 0.1) is 0 Å². The number of carbonyl (C=O) groups excluding carboxylic acids is 1. The summed E-state index contributed by atoms with van der Waals surface area (Å²) in [6.45, 7) is -0.677. The van der Waals surface area contributed by atoms with Crippen molar-refractivity contribution in [3.05, 3.63) is 26.4 Å². The van der Waals surface area contributed by atoms with Crippen LogP contribution in [0, 0.1) is 0 Å². The molecule has 0 bridgehead atoms. The predicted molar refractivity (Wildman–Crippen MR) is 110 cm³/mol. The summed E-state index contributed by atoms with van der Waals surface area (Å²) in [5.74, 6) is -2.88. The van der Waals surface area contributed by atoms with Gasteiger partial charge in [0.15, 0.2) is 5.56 Å². The van der Waals surface area contributed by atoms with Crippen LogP contribution in [0.5, 0.6) is 5.88 Å². The van der Waals surface area contributed by atoms with E-state index in [4.69, 9.17) is 5.11 Å². The number of hydrogen-bond donors (Lipinski definition) is 3. The Morgan fingerprint density at radius 1 is 0.833 bits per heavy atom. The molecule has 0 unspecified atom stereocenters. The number of carboxylic acid groups (broad SMARTS) is 1. The Kier molecular flexibility index (Phi) is 7.33. The van der Waals surface area contributed by atoms with Crippen molar-refractivity contribution in [3.8, 4) is 5.88 Å². The maximum absolute atomic E-state index is 13.4. The fraction of sp³-hybridized carbons (Fsp3) is 0.714. The molecule has 1 aromatic heterocycles. The highest BCUT2D eigenvalue weighted by atomic mass is 16.4. The molecule has 2 aliphatic carbocycles. The SMILES string of the molecule is O=C(O)CNC(=O)c1c(O)n(C2CCCCCC2)c(=O)n(C2CCCCCC2)c1=O. The van der Waals surface area contributed by atoms with E-state index in [-0.39, 0.29) is 12.1 Å². The molecule has 0 atom stereocenters. The number of hydrogen-bond acceptors (Lipinski definition) is 5. The predicted octanol–water partition coefficient (Wildman–Crippen LogP) is 2.32. The smallest absolute Gasteiger partial charge is 0.334 e. The molecule has 1 aromatic rings. The van der Waals surface area contributed by atoms with Crippen LogP contribution in [0.3, 0.4) is 0 Å². The van der Waals surface area contributed by atoms with Crippen molar-refractivity contribution < 1.29 is 19.8 Å². The second kappa shape index (κ2) is 9.95. The third-order valence-electron chi connectivity index (χ3n) is 6.30. The van der Waals surface area contributed by atoms with Gasteiger partial charge in [0.25, 0.3) is 11.5 Å². The van der Waals surface area contributed by atoms with Gasteiger partial charge in [-0.05, 0) is 25.7 Å². The summed E-state index contributed by atoms with van der Waals surface area (Å²) in [6.07, 6.45) is 10.4. The van der Waals surface area contributed by atoms with Crippen LogP contribution in [0.15, 0.2) is 9.59 Å². The highest BCUT2D eigenvalue weighted by molar-refractivity contribution is 5.97. The Bertz CT molecular complexity index is 887. The van der Waals surface area contributed by atoms with E-state index < -0.39 is 41.1 Å². The Balaban J connectivity index is 2.15. The van der Waals surface area contributed by atoms with E-state index in [1.807, 2.05) is 0 Å². The molecule has 30 heavy (non-hydrogen) atoms. The molecule has 2 aliphatic rings. The third kappa shape index (κ3) is 4.76. The van der Waals surface area contributed by atoms with E-state index in [9.17, 15) is 24.3 Å². The minimum absolute atomic E-state index is 0.288. The van der Waals surface area contributed by atoms with Crippen molar-refractivity contribution in [1.29, 1.82) is 0 Å². The first kappa shape index (κ1) is 22.1. The Hall–Kier alpha value is -2.58. The van der Waals surface area contributed by atoms with Gasteiger partial charge in [-0.25, -0.2) is 4.79 Å². The van der Waals surface area contributed by atoms with E-state index in [2.05, 4.69) is 5.32 Å². The molecule has 3 rings (SSSR count). The molecule has 0 spiro atoms. The van der Waals surface area contributed by atoms with Crippen molar-refractivity contribution in [2.75, 3.05) is 6.54 Å². The molecule has 1 amide bonds. The van der Waals surface area contributed by atoms with Gasteiger partial charge in [-0.1, -0.05) is 51.4 Å². The van der Waals surface area contributed by atoms with Crippen molar-refractivity contribution in [2.24, 2.45) is 0 Å². The summed E-state index contributed by atoms with van der Waals surface area (Å²) in [4.78, 5) is 50.1. The Morgan fingerprint density at radius 3 is 1.77 bits per heavy atom. The molecular formula is C21H31N3O6. The summed E-state index contributed by atoms with van der Waals surface area (Å²) in [6, 6.07) is -0.611. The second-order valence-electron chi connectivity index (χ2n) is 8.39.